The Labute approximate surface area is 146 Å². The Morgan fingerprint density at radius 1 is 1.18 bits per heavy atom. The summed E-state index contributed by atoms with van der Waals surface area (Å²) in [5, 5.41) is 0. The van der Waals surface area contributed by atoms with Crippen molar-refractivity contribution in [1.82, 2.24) is 9.80 Å². The van der Waals surface area contributed by atoms with Crippen molar-refractivity contribution >= 4 is 28.9 Å². The molecule has 0 saturated carbocycles. The SMILES string of the molecule is CCOCc1ccc(C(=O)N2CCN(CCOI)CC2)cc1. The summed E-state index contributed by atoms with van der Waals surface area (Å²) in [6, 6.07) is 7.73. The standard InChI is InChI=1S/C16H23IN2O3/c1-2-21-13-14-3-5-15(6-4-14)16(20)19-9-7-18(8-10-19)11-12-22-17/h3-6H,2,7-13H2,1H3. The molecule has 1 aliphatic heterocycles. The van der Waals surface area contributed by atoms with E-state index in [0.717, 1.165) is 50.5 Å². The van der Waals surface area contributed by atoms with Crippen LogP contribution in [0.2, 0.25) is 0 Å². The predicted molar refractivity (Wildman–Crippen MR) is 94.1 cm³/mol. The van der Waals surface area contributed by atoms with Crippen LogP contribution in [-0.2, 0) is 14.4 Å². The zero-order chi connectivity index (χ0) is 15.8. The van der Waals surface area contributed by atoms with Crippen molar-refractivity contribution in [2.75, 3.05) is 45.9 Å². The third-order valence-electron chi connectivity index (χ3n) is 3.82. The number of halogens is 1. The fourth-order valence-electron chi connectivity index (χ4n) is 2.48. The molecule has 1 aliphatic rings. The van der Waals surface area contributed by atoms with E-state index in [1.807, 2.05) is 59.1 Å². The highest BCUT2D eigenvalue weighted by Gasteiger charge is 2.21. The summed E-state index contributed by atoms with van der Waals surface area (Å²) in [4.78, 5) is 16.8. The summed E-state index contributed by atoms with van der Waals surface area (Å²) in [6.07, 6.45) is 0. The Balaban J connectivity index is 1.84. The summed E-state index contributed by atoms with van der Waals surface area (Å²) in [6.45, 7) is 8.32. The van der Waals surface area contributed by atoms with Gasteiger partial charge in [-0.05, 0) is 24.6 Å². The fourth-order valence-corrected chi connectivity index (χ4v) is 2.68. The normalized spacial score (nSPS) is 16.0. The Morgan fingerprint density at radius 3 is 2.45 bits per heavy atom. The van der Waals surface area contributed by atoms with E-state index in [-0.39, 0.29) is 5.91 Å². The molecule has 1 aromatic carbocycles. The summed E-state index contributed by atoms with van der Waals surface area (Å²) in [7, 11) is 0. The number of rotatable bonds is 7. The lowest BCUT2D eigenvalue weighted by Gasteiger charge is -2.34. The predicted octanol–water partition coefficient (Wildman–Crippen LogP) is 2.35. The van der Waals surface area contributed by atoms with E-state index >= 15 is 0 Å². The van der Waals surface area contributed by atoms with Crippen molar-refractivity contribution in [3.05, 3.63) is 35.4 Å². The first kappa shape index (κ1) is 17.7. The van der Waals surface area contributed by atoms with E-state index in [1.54, 1.807) is 0 Å². The quantitative estimate of drug-likeness (QED) is 0.638. The highest BCUT2D eigenvalue weighted by Crippen LogP contribution is 2.11. The van der Waals surface area contributed by atoms with Gasteiger partial charge in [0.1, 0.15) is 23.0 Å². The Bertz CT molecular complexity index is 459. The van der Waals surface area contributed by atoms with Gasteiger partial charge in [-0.25, -0.2) is 0 Å². The number of carbonyl (C=O) groups is 1. The monoisotopic (exact) mass is 418 g/mol. The van der Waals surface area contributed by atoms with Crippen LogP contribution in [0.4, 0.5) is 0 Å². The van der Waals surface area contributed by atoms with E-state index in [4.69, 9.17) is 7.80 Å². The van der Waals surface area contributed by atoms with E-state index in [0.29, 0.717) is 13.2 Å². The average molecular weight is 418 g/mol. The van der Waals surface area contributed by atoms with E-state index in [9.17, 15) is 4.79 Å². The number of carbonyl (C=O) groups excluding carboxylic acids is 1. The first-order valence-electron chi connectivity index (χ1n) is 7.66. The molecular weight excluding hydrogens is 395 g/mol. The fraction of sp³-hybridized carbons (Fsp3) is 0.562. The molecule has 1 aromatic rings. The zero-order valence-corrected chi connectivity index (χ0v) is 15.1. The van der Waals surface area contributed by atoms with Crippen molar-refractivity contribution in [3.8, 4) is 0 Å². The number of nitrogens with zero attached hydrogens (tertiary/aromatic N) is 2. The van der Waals surface area contributed by atoms with Crippen molar-refractivity contribution in [1.29, 1.82) is 0 Å². The maximum Gasteiger partial charge on any atom is 0.253 e. The number of hydrogen-bond donors (Lipinski definition) is 0. The summed E-state index contributed by atoms with van der Waals surface area (Å²) >= 11 is 1.92. The smallest absolute Gasteiger partial charge is 0.253 e. The van der Waals surface area contributed by atoms with Gasteiger partial charge in [0.2, 0.25) is 0 Å². The van der Waals surface area contributed by atoms with Crippen LogP contribution in [0.25, 0.3) is 0 Å². The van der Waals surface area contributed by atoms with Crippen molar-refractivity contribution in [2.24, 2.45) is 0 Å². The lowest BCUT2D eigenvalue weighted by atomic mass is 10.1. The van der Waals surface area contributed by atoms with Crippen LogP contribution in [-0.4, -0.2) is 61.6 Å². The third kappa shape index (κ3) is 5.19. The number of benzene rings is 1. The molecule has 1 amide bonds. The number of hydrogen-bond acceptors (Lipinski definition) is 4. The molecule has 22 heavy (non-hydrogen) atoms. The molecule has 0 atom stereocenters. The molecule has 122 valence electrons. The highest BCUT2D eigenvalue weighted by atomic mass is 127. The Hall–Kier alpha value is -0.700. The number of ether oxygens (including phenoxy) is 1. The van der Waals surface area contributed by atoms with Crippen LogP contribution in [0, 0.1) is 0 Å². The molecular formula is C16H23IN2O3. The summed E-state index contributed by atoms with van der Waals surface area (Å²) in [5.41, 5.74) is 1.85. The number of amides is 1. The van der Waals surface area contributed by atoms with Crippen LogP contribution < -0.4 is 0 Å². The van der Waals surface area contributed by atoms with Crippen molar-refractivity contribution in [2.45, 2.75) is 13.5 Å². The van der Waals surface area contributed by atoms with Gasteiger partial charge in [-0.15, -0.1) is 0 Å². The highest BCUT2D eigenvalue weighted by molar-refractivity contribution is 14.1. The maximum absolute atomic E-state index is 12.5. The van der Waals surface area contributed by atoms with Crippen molar-refractivity contribution in [3.63, 3.8) is 0 Å². The second-order valence-electron chi connectivity index (χ2n) is 5.28. The molecule has 0 N–H and O–H groups in total. The van der Waals surface area contributed by atoms with Gasteiger partial charge in [0, 0.05) is 44.9 Å². The molecule has 1 heterocycles. The third-order valence-corrected chi connectivity index (χ3v) is 4.26. The summed E-state index contributed by atoms with van der Waals surface area (Å²) < 4.78 is 10.4. The molecule has 1 fully saturated rings. The lowest BCUT2D eigenvalue weighted by molar-refractivity contribution is 0.0627. The molecule has 2 rings (SSSR count). The van der Waals surface area contributed by atoms with E-state index < -0.39 is 0 Å². The van der Waals surface area contributed by atoms with Gasteiger partial charge in [-0.3, -0.25) is 9.69 Å². The van der Waals surface area contributed by atoms with Gasteiger partial charge in [-0.1, -0.05) is 12.1 Å². The molecule has 5 nitrogen and oxygen atoms in total. The molecule has 0 unspecified atom stereocenters. The Morgan fingerprint density at radius 2 is 1.86 bits per heavy atom. The molecule has 6 heteroatoms. The van der Waals surface area contributed by atoms with Crippen LogP contribution >= 0.6 is 23.0 Å². The van der Waals surface area contributed by atoms with Gasteiger partial charge in [0.25, 0.3) is 5.91 Å². The zero-order valence-electron chi connectivity index (χ0n) is 13.0. The maximum atomic E-state index is 12.5. The van der Waals surface area contributed by atoms with Crippen LogP contribution in [0.15, 0.2) is 24.3 Å². The van der Waals surface area contributed by atoms with E-state index in [1.165, 1.54) is 0 Å². The molecule has 0 radical (unpaired) electrons. The van der Waals surface area contributed by atoms with Crippen LogP contribution in [0.1, 0.15) is 22.8 Å². The largest absolute Gasteiger partial charge is 0.377 e. The Kier molecular flexibility index (Phi) is 7.57. The van der Waals surface area contributed by atoms with Crippen LogP contribution in [0.5, 0.6) is 0 Å². The molecule has 1 saturated heterocycles. The molecule has 0 bridgehead atoms. The minimum Gasteiger partial charge on any atom is -0.377 e. The van der Waals surface area contributed by atoms with Gasteiger partial charge < -0.3 is 12.7 Å². The second kappa shape index (κ2) is 9.44. The molecule has 0 spiro atoms. The second-order valence-corrected chi connectivity index (χ2v) is 5.90. The molecule has 0 aliphatic carbocycles. The van der Waals surface area contributed by atoms with Gasteiger partial charge in [0.05, 0.1) is 13.2 Å². The van der Waals surface area contributed by atoms with Gasteiger partial charge >= 0.3 is 0 Å². The first-order chi connectivity index (χ1) is 10.7. The number of piperazine rings is 1. The van der Waals surface area contributed by atoms with E-state index in [2.05, 4.69) is 4.90 Å². The molecule has 0 aromatic heterocycles. The van der Waals surface area contributed by atoms with Gasteiger partial charge in [-0.2, -0.15) is 0 Å². The minimum atomic E-state index is 0.118. The minimum absolute atomic E-state index is 0.118. The average Bonchev–Trinajstić information content (AvgIpc) is 2.58. The van der Waals surface area contributed by atoms with Crippen molar-refractivity contribution < 1.29 is 12.6 Å². The van der Waals surface area contributed by atoms with Crippen LogP contribution in [0.3, 0.4) is 0 Å². The first-order valence-corrected chi connectivity index (χ1v) is 8.54. The topological polar surface area (TPSA) is 42.0 Å². The lowest BCUT2D eigenvalue weighted by Crippen LogP contribution is -2.49. The summed E-state index contributed by atoms with van der Waals surface area (Å²) in [5.74, 6) is 0.118. The van der Waals surface area contributed by atoms with Gasteiger partial charge in [0.15, 0.2) is 0 Å².